The van der Waals surface area contributed by atoms with Crippen molar-refractivity contribution in [2.75, 3.05) is 0 Å². The van der Waals surface area contributed by atoms with Crippen molar-refractivity contribution in [2.45, 2.75) is 26.9 Å². The van der Waals surface area contributed by atoms with E-state index in [0.29, 0.717) is 5.75 Å². The Hall–Kier alpha value is -2.10. The molecule has 0 fully saturated rings. The molecule has 0 saturated heterocycles. The molecule has 4 heteroatoms. The molecular weight excluding hydrogens is 230 g/mol. The number of ether oxygens (including phenoxy) is 1. The van der Waals surface area contributed by atoms with E-state index in [4.69, 9.17) is 9.84 Å². The van der Waals surface area contributed by atoms with Gasteiger partial charge in [0.2, 0.25) is 0 Å². The van der Waals surface area contributed by atoms with E-state index in [1.807, 2.05) is 26.0 Å². The lowest BCUT2D eigenvalue weighted by molar-refractivity contribution is -0.144. The van der Waals surface area contributed by atoms with Gasteiger partial charge in [-0.2, -0.15) is 0 Å². The lowest BCUT2D eigenvalue weighted by Crippen LogP contribution is -2.23. The summed E-state index contributed by atoms with van der Waals surface area (Å²) in [5.41, 5.74) is 3.00. The predicted octanol–water partition coefficient (Wildman–Crippen LogP) is 2.70. The van der Waals surface area contributed by atoms with Crippen LogP contribution in [0.5, 0.6) is 5.75 Å². The summed E-state index contributed by atoms with van der Waals surface area (Å²) in [5.74, 6) is -0.425. The number of aliphatic carboxylic acids is 1. The molecule has 0 bridgehead atoms. The number of hydrogen-bond donors (Lipinski definition) is 1. The SMILES string of the molecule is Cc1cc(C)c2nccc(O[C@@H](C)C(=O)O)c2c1. The van der Waals surface area contributed by atoms with E-state index in [0.717, 1.165) is 22.0 Å². The summed E-state index contributed by atoms with van der Waals surface area (Å²) in [5, 5.41) is 9.73. The molecule has 2 aromatic rings. The van der Waals surface area contributed by atoms with Crippen molar-refractivity contribution >= 4 is 16.9 Å². The fourth-order valence-electron chi connectivity index (χ4n) is 1.93. The normalized spacial score (nSPS) is 12.4. The molecule has 0 aliphatic carbocycles. The van der Waals surface area contributed by atoms with Gasteiger partial charge in [-0.25, -0.2) is 4.79 Å². The summed E-state index contributed by atoms with van der Waals surface area (Å²) in [4.78, 5) is 15.1. The van der Waals surface area contributed by atoms with E-state index in [2.05, 4.69) is 4.98 Å². The van der Waals surface area contributed by atoms with Gasteiger partial charge in [-0.15, -0.1) is 0 Å². The quantitative estimate of drug-likeness (QED) is 0.903. The fourth-order valence-corrected chi connectivity index (χ4v) is 1.93. The molecule has 0 unspecified atom stereocenters. The number of fused-ring (bicyclic) bond motifs is 1. The average Bonchev–Trinajstić information content (AvgIpc) is 2.29. The first-order valence-corrected chi connectivity index (χ1v) is 5.74. The van der Waals surface area contributed by atoms with Gasteiger partial charge < -0.3 is 9.84 Å². The molecule has 1 heterocycles. The number of benzene rings is 1. The second-order valence-electron chi connectivity index (χ2n) is 4.39. The Morgan fingerprint density at radius 1 is 1.39 bits per heavy atom. The van der Waals surface area contributed by atoms with Crippen LogP contribution in [0.4, 0.5) is 0 Å². The number of pyridine rings is 1. The highest BCUT2D eigenvalue weighted by Gasteiger charge is 2.15. The standard InChI is InChI=1S/C14H15NO3/c1-8-6-9(2)13-11(7-8)12(4-5-15-13)18-10(3)14(16)17/h4-7,10H,1-3H3,(H,16,17)/t10-/m0/s1. The van der Waals surface area contributed by atoms with Crippen molar-refractivity contribution in [3.63, 3.8) is 0 Å². The molecule has 94 valence electrons. The molecular formula is C14H15NO3. The lowest BCUT2D eigenvalue weighted by Gasteiger charge is -2.13. The summed E-state index contributed by atoms with van der Waals surface area (Å²) in [7, 11) is 0. The van der Waals surface area contributed by atoms with E-state index in [1.165, 1.54) is 6.92 Å². The number of carboxylic acid groups (broad SMARTS) is 1. The largest absolute Gasteiger partial charge is 0.479 e. The Labute approximate surface area is 105 Å². The van der Waals surface area contributed by atoms with Gasteiger partial charge in [-0.05, 0) is 44.0 Å². The number of carbonyl (C=O) groups is 1. The van der Waals surface area contributed by atoms with Crippen molar-refractivity contribution in [1.82, 2.24) is 4.98 Å². The Kier molecular flexibility index (Phi) is 3.19. The zero-order valence-electron chi connectivity index (χ0n) is 10.6. The molecule has 0 aliphatic rings. The highest BCUT2D eigenvalue weighted by atomic mass is 16.5. The third-order valence-electron chi connectivity index (χ3n) is 2.79. The molecule has 1 atom stereocenters. The van der Waals surface area contributed by atoms with Crippen molar-refractivity contribution in [1.29, 1.82) is 0 Å². The topological polar surface area (TPSA) is 59.4 Å². The molecule has 1 aromatic heterocycles. The van der Waals surface area contributed by atoms with Crippen LogP contribution in [0.1, 0.15) is 18.1 Å². The molecule has 0 aliphatic heterocycles. The van der Waals surface area contributed by atoms with Crippen LogP contribution in [0.25, 0.3) is 10.9 Å². The number of aryl methyl sites for hydroxylation is 2. The Bertz CT molecular complexity index is 607. The van der Waals surface area contributed by atoms with Crippen LogP contribution in [-0.4, -0.2) is 22.2 Å². The third kappa shape index (κ3) is 2.27. The minimum atomic E-state index is -0.982. The summed E-state index contributed by atoms with van der Waals surface area (Å²) >= 11 is 0. The van der Waals surface area contributed by atoms with Crippen LogP contribution >= 0.6 is 0 Å². The highest BCUT2D eigenvalue weighted by Crippen LogP contribution is 2.28. The maximum Gasteiger partial charge on any atom is 0.344 e. The molecule has 1 N–H and O–H groups in total. The van der Waals surface area contributed by atoms with Crippen molar-refractivity contribution in [3.05, 3.63) is 35.5 Å². The molecule has 2 rings (SSSR count). The van der Waals surface area contributed by atoms with E-state index in [9.17, 15) is 4.79 Å². The van der Waals surface area contributed by atoms with Crippen LogP contribution in [0.3, 0.4) is 0 Å². The smallest absolute Gasteiger partial charge is 0.344 e. The van der Waals surface area contributed by atoms with Crippen molar-refractivity contribution in [2.24, 2.45) is 0 Å². The van der Waals surface area contributed by atoms with E-state index >= 15 is 0 Å². The minimum absolute atomic E-state index is 0.557. The van der Waals surface area contributed by atoms with Crippen LogP contribution < -0.4 is 4.74 Å². The van der Waals surface area contributed by atoms with Gasteiger partial charge in [0.25, 0.3) is 0 Å². The molecule has 18 heavy (non-hydrogen) atoms. The summed E-state index contributed by atoms with van der Waals surface area (Å²) in [6, 6.07) is 5.69. The molecule has 0 radical (unpaired) electrons. The summed E-state index contributed by atoms with van der Waals surface area (Å²) in [6.07, 6.45) is 0.755. The van der Waals surface area contributed by atoms with Crippen LogP contribution in [0, 0.1) is 13.8 Å². The van der Waals surface area contributed by atoms with Crippen LogP contribution in [0.2, 0.25) is 0 Å². The molecule has 4 nitrogen and oxygen atoms in total. The Balaban J connectivity index is 2.54. The third-order valence-corrected chi connectivity index (χ3v) is 2.79. The van der Waals surface area contributed by atoms with Gasteiger partial charge >= 0.3 is 5.97 Å². The number of rotatable bonds is 3. The first-order valence-electron chi connectivity index (χ1n) is 5.74. The predicted molar refractivity (Wildman–Crippen MR) is 68.9 cm³/mol. The maximum atomic E-state index is 10.8. The first-order chi connectivity index (χ1) is 8.49. The number of hydrogen-bond acceptors (Lipinski definition) is 3. The van der Waals surface area contributed by atoms with Gasteiger partial charge in [-0.1, -0.05) is 6.07 Å². The van der Waals surface area contributed by atoms with Crippen molar-refractivity contribution in [3.8, 4) is 5.75 Å². The molecule has 0 saturated carbocycles. The van der Waals surface area contributed by atoms with Gasteiger partial charge in [0.05, 0.1) is 5.52 Å². The molecule has 1 aromatic carbocycles. The maximum absolute atomic E-state index is 10.8. The van der Waals surface area contributed by atoms with Gasteiger partial charge in [-0.3, -0.25) is 4.98 Å². The number of nitrogens with zero attached hydrogens (tertiary/aromatic N) is 1. The Morgan fingerprint density at radius 2 is 2.11 bits per heavy atom. The lowest BCUT2D eigenvalue weighted by atomic mass is 10.1. The van der Waals surface area contributed by atoms with Gasteiger partial charge in [0, 0.05) is 11.6 Å². The summed E-state index contributed by atoms with van der Waals surface area (Å²) < 4.78 is 5.46. The second-order valence-corrected chi connectivity index (χ2v) is 4.39. The summed E-state index contributed by atoms with van der Waals surface area (Å²) in [6.45, 7) is 5.48. The van der Waals surface area contributed by atoms with Crippen LogP contribution in [0.15, 0.2) is 24.4 Å². The van der Waals surface area contributed by atoms with Crippen LogP contribution in [-0.2, 0) is 4.79 Å². The zero-order valence-corrected chi connectivity index (χ0v) is 10.6. The highest BCUT2D eigenvalue weighted by molar-refractivity contribution is 5.88. The van der Waals surface area contributed by atoms with Crippen molar-refractivity contribution < 1.29 is 14.6 Å². The number of carboxylic acids is 1. The minimum Gasteiger partial charge on any atom is -0.479 e. The molecule has 0 spiro atoms. The second kappa shape index (κ2) is 4.64. The van der Waals surface area contributed by atoms with E-state index in [1.54, 1.807) is 12.3 Å². The monoisotopic (exact) mass is 245 g/mol. The van der Waals surface area contributed by atoms with Gasteiger partial charge in [0.1, 0.15) is 5.75 Å². The average molecular weight is 245 g/mol. The zero-order chi connectivity index (χ0) is 13.3. The first kappa shape index (κ1) is 12.4. The van der Waals surface area contributed by atoms with E-state index in [-0.39, 0.29) is 0 Å². The van der Waals surface area contributed by atoms with Gasteiger partial charge in [0.15, 0.2) is 6.10 Å². The molecule has 0 amide bonds. The fraction of sp³-hybridized carbons (Fsp3) is 0.286. The number of aromatic nitrogens is 1. The Morgan fingerprint density at radius 3 is 2.78 bits per heavy atom. The van der Waals surface area contributed by atoms with E-state index < -0.39 is 12.1 Å².